The van der Waals surface area contributed by atoms with Crippen LogP contribution in [0.5, 0.6) is 0 Å². The van der Waals surface area contributed by atoms with Crippen molar-refractivity contribution in [1.29, 1.82) is 0 Å². The first-order valence-electron chi connectivity index (χ1n) is 4.79. The Morgan fingerprint density at radius 1 is 1.24 bits per heavy atom. The number of aliphatic hydroxyl groups is 1. The van der Waals surface area contributed by atoms with Gasteiger partial charge in [0.1, 0.15) is 0 Å². The molecule has 0 spiro atoms. The van der Waals surface area contributed by atoms with Crippen LogP contribution in [0.25, 0.3) is 0 Å². The van der Waals surface area contributed by atoms with Gasteiger partial charge in [-0.25, -0.2) is 0 Å². The van der Waals surface area contributed by atoms with Crippen molar-refractivity contribution in [1.82, 2.24) is 0 Å². The van der Waals surface area contributed by atoms with Crippen LogP contribution in [0.2, 0.25) is 5.02 Å². The fraction of sp³-hybridized carbons (Fsp3) is 0.273. The first-order valence-corrected chi connectivity index (χ1v) is 5.17. The number of anilines is 1. The van der Waals surface area contributed by atoms with Crippen LogP contribution in [0.4, 0.5) is 18.9 Å². The van der Waals surface area contributed by atoms with Gasteiger partial charge in [-0.3, -0.25) is 0 Å². The van der Waals surface area contributed by atoms with E-state index in [1.807, 2.05) is 0 Å². The highest BCUT2D eigenvalue weighted by Gasteiger charge is 2.61. The Balaban J connectivity index is 2.57. The molecule has 2 rings (SSSR count). The average Bonchev–Trinajstić information content (AvgIpc) is 3.02. The van der Waals surface area contributed by atoms with Crippen molar-refractivity contribution in [3.63, 3.8) is 0 Å². The van der Waals surface area contributed by atoms with Crippen molar-refractivity contribution >= 4 is 17.3 Å². The van der Waals surface area contributed by atoms with E-state index in [0.717, 1.165) is 6.07 Å². The minimum atomic E-state index is -4.82. The molecule has 0 aliphatic heterocycles. The van der Waals surface area contributed by atoms with Crippen LogP contribution in [0.1, 0.15) is 5.56 Å². The van der Waals surface area contributed by atoms with Crippen molar-refractivity contribution in [2.24, 2.45) is 5.92 Å². The molecule has 1 atom stereocenters. The molecule has 2 nitrogen and oxygen atoms in total. The summed E-state index contributed by atoms with van der Waals surface area (Å²) >= 11 is 5.64. The Bertz CT molecular complexity index is 480. The quantitative estimate of drug-likeness (QED) is 0.637. The lowest BCUT2D eigenvalue weighted by Gasteiger charge is -2.32. The highest BCUT2D eigenvalue weighted by molar-refractivity contribution is 6.30. The van der Waals surface area contributed by atoms with E-state index in [1.54, 1.807) is 0 Å². The molecular formula is C11H9ClF3NO. The van der Waals surface area contributed by atoms with E-state index < -0.39 is 23.3 Å². The summed E-state index contributed by atoms with van der Waals surface area (Å²) < 4.78 is 39.0. The van der Waals surface area contributed by atoms with Gasteiger partial charge in [-0.1, -0.05) is 23.8 Å². The lowest BCUT2D eigenvalue weighted by atomic mass is 9.86. The molecular weight excluding hydrogens is 255 g/mol. The average molecular weight is 264 g/mol. The summed E-state index contributed by atoms with van der Waals surface area (Å²) in [4.78, 5) is 0. The monoisotopic (exact) mass is 263 g/mol. The number of halogens is 4. The molecule has 1 aliphatic rings. The summed E-state index contributed by atoms with van der Waals surface area (Å²) in [5.41, 5.74) is 1.95. The van der Waals surface area contributed by atoms with Gasteiger partial charge in [-0.15, -0.1) is 0 Å². The summed E-state index contributed by atoms with van der Waals surface area (Å²) in [5.74, 6) is -1.08. The molecule has 1 aromatic carbocycles. The number of rotatable bonds is 2. The van der Waals surface area contributed by atoms with E-state index >= 15 is 0 Å². The lowest BCUT2D eigenvalue weighted by molar-refractivity contribution is -0.272. The van der Waals surface area contributed by atoms with Crippen LogP contribution in [0.3, 0.4) is 0 Å². The SMILES string of the molecule is Nc1ccc(Cl)cc1[C@@](O)(C1C=C1)C(F)(F)F. The standard InChI is InChI=1S/C11H9ClF3NO/c12-7-3-4-9(16)8(5-7)10(17,6-1-2-6)11(13,14)15/h1-6,17H,16H2/t10-/m0/s1. The first-order chi connectivity index (χ1) is 7.76. The summed E-state index contributed by atoms with van der Waals surface area (Å²) in [6.45, 7) is 0. The van der Waals surface area contributed by atoms with Gasteiger partial charge in [0.15, 0.2) is 5.60 Å². The highest BCUT2D eigenvalue weighted by Crippen LogP contribution is 2.51. The topological polar surface area (TPSA) is 46.2 Å². The van der Waals surface area contributed by atoms with Crippen LogP contribution < -0.4 is 5.73 Å². The number of benzene rings is 1. The van der Waals surface area contributed by atoms with Gasteiger partial charge in [0.2, 0.25) is 0 Å². The van der Waals surface area contributed by atoms with Crippen molar-refractivity contribution < 1.29 is 18.3 Å². The smallest absolute Gasteiger partial charge is 0.398 e. The van der Waals surface area contributed by atoms with Crippen LogP contribution in [-0.4, -0.2) is 11.3 Å². The highest BCUT2D eigenvalue weighted by atomic mass is 35.5. The molecule has 6 heteroatoms. The number of hydrogen-bond acceptors (Lipinski definition) is 2. The molecule has 1 aliphatic carbocycles. The lowest BCUT2D eigenvalue weighted by Crippen LogP contribution is -2.45. The Kier molecular flexibility index (Phi) is 2.63. The normalized spacial score (nSPS) is 19.1. The molecule has 0 unspecified atom stereocenters. The van der Waals surface area contributed by atoms with E-state index in [1.165, 1.54) is 24.3 Å². The van der Waals surface area contributed by atoms with E-state index in [9.17, 15) is 18.3 Å². The zero-order valence-electron chi connectivity index (χ0n) is 8.50. The van der Waals surface area contributed by atoms with Crippen LogP contribution in [-0.2, 0) is 5.60 Å². The summed E-state index contributed by atoms with van der Waals surface area (Å²) in [6, 6.07) is 3.67. The van der Waals surface area contributed by atoms with Crippen molar-refractivity contribution in [2.45, 2.75) is 11.8 Å². The molecule has 0 aromatic heterocycles. The number of hydrogen-bond donors (Lipinski definition) is 2. The second-order valence-corrected chi connectivity index (χ2v) is 4.34. The molecule has 17 heavy (non-hydrogen) atoms. The molecule has 0 heterocycles. The van der Waals surface area contributed by atoms with Gasteiger partial charge in [-0.05, 0) is 18.2 Å². The largest absolute Gasteiger partial charge is 0.422 e. The zero-order chi connectivity index (χ0) is 12.8. The Hall–Kier alpha value is -1.20. The van der Waals surface area contributed by atoms with Gasteiger partial charge < -0.3 is 10.8 Å². The van der Waals surface area contributed by atoms with Crippen LogP contribution in [0, 0.1) is 5.92 Å². The van der Waals surface area contributed by atoms with Gasteiger partial charge in [0.25, 0.3) is 0 Å². The maximum absolute atomic E-state index is 13.0. The van der Waals surface area contributed by atoms with Gasteiger partial charge in [0, 0.05) is 22.2 Å². The third-order valence-corrected chi connectivity index (χ3v) is 2.96. The number of nitrogen functional groups attached to an aromatic ring is 1. The maximum atomic E-state index is 13.0. The van der Waals surface area contributed by atoms with E-state index in [0.29, 0.717) is 0 Å². The van der Waals surface area contributed by atoms with Crippen molar-refractivity contribution in [2.75, 3.05) is 5.73 Å². The van der Waals surface area contributed by atoms with E-state index in [-0.39, 0.29) is 10.7 Å². The number of alkyl halides is 3. The summed E-state index contributed by atoms with van der Waals surface area (Å²) in [6.07, 6.45) is -2.28. The van der Waals surface area contributed by atoms with E-state index in [4.69, 9.17) is 17.3 Å². The second-order valence-electron chi connectivity index (χ2n) is 3.91. The first kappa shape index (κ1) is 12.3. The van der Waals surface area contributed by atoms with Gasteiger partial charge in [0.05, 0.1) is 0 Å². The third-order valence-electron chi connectivity index (χ3n) is 2.73. The van der Waals surface area contributed by atoms with Gasteiger partial charge >= 0.3 is 6.18 Å². The summed E-state index contributed by atoms with van der Waals surface area (Å²) in [7, 11) is 0. The van der Waals surface area contributed by atoms with Crippen LogP contribution in [0.15, 0.2) is 30.4 Å². The zero-order valence-corrected chi connectivity index (χ0v) is 9.26. The minimum Gasteiger partial charge on any atom is -0.398 e. The molecule has 3 N–H and O–H groups in total. The van der Waals surface area contributed by atoms with E-state index in [2.05, 4.69) is 0 Å². The van der Waals surface area contributed by atoms with Crippen molar-refractivity contribution in [3.05, 3.63) is 40.9 Å². The summed E-state index contributed by atoms with van der Waals surface area (Å²) in [5, 5.41) is 10.0. The predicted octanol–water partition coefficient (Wildman–Crippen LogP) is 2.86. The number of nitrogens with two attached hydrogens (primary N) is 1. The second kappa shape index (κ2) is 3.65. The molecule has 0 amide bonds. The van der Waals surface area contributed by atoms with Crippen LogP contribution >= 0.6 is 11.6 Å². The molecule has 0 radical (unpaired) electrons. The molecule has 0 saturated heterocycles. The van der Waals surface area contributed by atoms with Gasteiger partial charge in [-0.2, -0.15) is 13.2 Å². The maximum Gasteiger partial charge on any atom is 0.422 e. The Morgan fingerprint density at radius 2 is 1.82 bits per heavy atom. The fourth-order valence-corrected chi connectivity index (χ4v) is 1.89. The molecule has 92 valence electrons. The Morgan fingerprint density at radius 3 is 2.29 bits per heavy atom. The minimum absolute atomic E-state index is 0.0949. The third kappa shape index (κ3) is 1.89. The predicted molar refractivity (Wildman–Crippen MR) is 58.4 cm³/mol. The van der Waals surface area contributed by atoms with Crippen molar-refractivity contribution in [3.8, 4) is 0 Å². The Labute approximate surface area is 100 Å². The molecule has 1 aromatic rings. The molecule has 0 saturated carbocycles. The molecule has 0 fully saturated rings. The fourth-order valence-electron chi connectivity index (χ4n) is 1.71. The molecule has 0 bridgehead atoms.